The number of aliphatic carboxylic acids is 1. The Morgan fingerprint density at radius 1 is 1.60 bits per heavy atom. The molecule has 0 radical (unpaired) electrons. The molecule has 1 N–H and O–H groups in total. The van der Waals surface area contributed by atoms with Crippen LogP contribution in [0.5, 0.6) is 0 Å². The first-order valence-electron chi connectivity index (χ1n) is 4.86. The number of pyridine rings is 1. The Morgan fingerprint density at radius 2 is 2.27 bits per heavy atom. The summed E-state index contributed by atoms with van der Waals surface area (Å²) in [7, 11) is 3.80. The van der Waals surface area contributed by atoms with E-state index in [0.29, 0.717) is 0 Å². The van der Waals surface area contributed by atoms with Gasteiger partial charge in [0, 0.05) is 20.3 Å². The molecule has 15 heavy (non-hydrogen) atoms. The van der Waals surface area contributed by atoms with Gasteiger partial charge in [0.25, 0.3) is 0 Å². The Morgan fingerprint density at radius 3 is 2.80 bits per heavy atom. The molecule has 1 atom stereocenters. The lowest BCUT2D eigenvalue weighted by atomic mass is 9.98. The van der Waals surface area contributed by atoms with Crippen molar-refractivity contribution < 1.29 is 9.90 Å². The number of carbonyl (C=O) groups is 1. The van der Waals surface area contributed by atoms with Crippen LogP contribution >= 0.6 is 0 Å². The summed E-state index contributed by atoms with van der Waals surface area (Å²) in [6.45, 7) is 1.90. The summed E-state index contributed by atoms with van der Waals surface area (Å²) in [6.07, 6.45) is 1.85. The van der Waals surface area contributed by atoms with Crippen molar-refractivity contribution in [3.63, 3.8) is 0 Å². The van der Waals surface area contributed by atoms with Gasteiger partial charge in [0.1, 0.15) is 5.82 Å². The Hall–Kier alpha value is -1.58. The second kappa shape index (κ2) is 4.77. The maximum atomic E-state index is 10.6. The summed E-state index contributed by atoms with van der Waals surface area (Å²) < 4.78 is 0. The van der Waals surface area contributed by atoms with Gasteiger partial charge < -0.3 is 10.0 Å². The number of hydrogen-bond acceptors (Lipinski definition) is 3. The van der Waals surface area contributed by atoms with E-state index in [1.165, 1.54) is 0 Å². The summed E-state index contributed by atoms with van der Waals surface area (Å²) in [4.78, 5) is 16.8. The second-order valence-corrected chi connectivity index (χ2v) is 3.81. The van der Waals surface area contributed by atoms with Crippen LogP contribution in [0.25, 0.3) is 0 Å². The molecule has 0 amide bonds. The van der Waals surface area contributed by atoms with E-state index in [1.54, 1.807) is 6.20 Å². The highest BCUT2D eigenvalue weighted by atomic mass is 16.4. The largest absolute Gasteiger partial charge is 0.481 e. The minimum absolute atomic E-state index is 0.0198. The number of aromatic nitrogens is 1. The fraction of sp³-hybridized carbons (Fsp3) is 0.455. The Labute approximate surface area is 89.6 Å². The fourth-order valence-corrected chi connectivity index (χ4v) is 1.54. The van der Waals surface area contributed by atoms with Crippen molar-refractivity contribution in [1.29, 1.82) is 0 Å². The van der Waals surface area contributed by atoms with Crippen LogP contribution in [-0.4, -0.2) is 30.2 Å². The van der Waals surface area contributed by atoms with Crippen molar-refractivity contribution in [1.82, 2.24) is 4.98 Å². The van der Waals surface area contributed by atoms with Crippen LogP contribution < -0.4 is 4.90 Å². The first-order valence-corrected chi connectivity index (χ1v) is 4.86. The van der Waals surface area contributed by atoms with E-state index in [4.69, 9.17) is 5.11 Å². The zero-order valence-electron chi connectivity index (χ0n) is 9.27. The predicted octanol–water partition coefficient (Wildman–Crippen LogP) is 1.73. The van der Waals surface area contributed by atoms with Gasteiger partial charge in [-0.1, -0.05) is 13.0 Å². The quantitative estimate of drug-likeness (QED) is 0.818. The third-order valence-electron chi connectivity index (χ3n) is 2.25. The van der Waals surface area contributed by atoms with Gasteiger partial charge in [-0.25, -0.2) is 4.98 Å². The second-order valence-electron chi connectivity index (χ2n) is 3.81. The van der Waals surface area contributed by atoms with Gasteiger partial charge in [0.05, 0.1) is 6.42 Å². The molecule has 0 aromatic carbocycles. The summed E-state index contributed by atoms with van der Waals surface area (Å²) in [5.41, 5.74) is 0.977. The molecule has 0 saturated heterocycles. The molecule has 1 heterocycles. The lowest BCUT2D eigenvalue weighted by molar-refractivity contribution is -0.137. The minimum atomic E-state index is -0.781. The molecule has 0 aliphatic heterocycles. The molecule has 0 aliphatic rings. The normalized spacial score (nSPS) is 12.2. The summed E-state index contributed by atoms with van der Waals surface area (Å²) in [5.74, 6) is 0.0379. The number of carboxylic acid groups (broad SMARTS) is 1. The van der Waals surface area contributed by atoms with Gasteiger partial charge >= 0.3 is 5.97 Å². The average Bonchev–Trinajstić information content (AvgIpc) is 2.16. The van der Waals surface area contributed by atoms with E-state index in [2.05, 4.69) is 4.98 Å². The molecule has 0 saturated carbocycles. The van der Waals surface area contributed by atoms with E-state index in [1.807, 2.05) is 38.1 Å². The number of nitrogens with zero attached hydrogens (tertiary/aromatic N) is 2. The van der Waals surface area contributed by atoms with Gasteiger partial charge in [-0.15, -0.1) is 0 Å². The summed E-state index contributed by atoms with van der Waals surface area (Å²) in [6, 6.07) is 3.76. The lowest BCUT2D eigenvalue weighted by Crippen LogP contribution is -2.15. The number of carboxylic acids is 1. The predicted molar refractivity (Wildman–Crippen MR) is 59.2 cm³/mol. The maximum absolute atomic E-state index is 10.6. The molecule has 0 spiro atoms. The van der Waals surface area contributed by atoms with Crippen molar-refractivity contribution in [2.75, 3.05) is 19.0 Å². The van der Waals surface area contributed by atoms with E-state index in [-0.39, 0.29) is 12.3 Å². The summed E-state index contributed by atoms with van der Waals surface area (Å²) >= 11 is 0. The van der Waals surface area contributed by atoms with Gasteiger partial charge in [-0.2, -0.15) is 0 Å². The van der Waals surface area contributed by atoms with Crippen molar-refractivity contribution >= 4 is 11.8 Å². The zero-order chi connectivity index (χ0) is 11.4. The highest BCUT2D eigenvalue weighted by Gasteiger charge is 2.15. The first kappa shape index (κ1) is 11.5. The first-order chi connectivity index (χ1) is 7.02. The number of rotatable bonds is 4. The Kier molecular flexibility index (Phi) is 3.66. The minimum Gasteiger partial charge on any atom is -0.481 e. The monoisotopic (exact) mass is 208 g/mol. The molecule has 0 fully saturated rings. The van der Waals surface area contributed by atoms with Crippen molar-refractivity contribution in [3.8, 4) is 0 Å². The third-order valence-corrected chi connectivity index (χ3v) is 2.25. The molecule has 0 bridgehead atoms. The van der Waals surface area contributed by atoms with Crippen LogP contribution in [0.3, 0.4) is 0 Å². The molecule has 4 nitrogen and oxygen atoms in total. The maximum Gasteiger partial charge on any atom is 0.303 e. The zero-order valence-corrected chi connectivity index (χ0v) is 9.27. The highest BCUT2D eigenvalue weighted by Crippen LogP contribution is 2.26. The van der Waals surface area contributed by atoms with Crippen LogP contribution in [0.2, 0.25) is 0 Å². The molecular formula is C11H16N2O2. The Bertz CT molecular complexity index is 350. The topological polar surface area (TPSA) is 53.4 Å². The van der Waals surface area contributed by atoms with E-state index in [9.17, 15) is 4.79 Å². The SMILES string of the molecule is CC(CC(=O)O)c1cccnc1N(C)C. The molecular weight excluding hydrogens is 192 g/mol. The molecule has 1 aromatic rings. The fourth-order valence-electron chi connectivity index (χ4n) is 1.54. The third kappa shape index (κ3) is 2.94. The van der Waals surface area contributed by atoms with Crippen molar-refractivity contribution in [2.24, 2.45) is 0 Å². The standard InChI is InChI=1S/C11H16N2O2/c1-8(7-10(14)15)9-5-4-6-12-11(9)13(2)3/h4-6,8H,7H2,1-3H3,(H,14,15). The number of anilines is 1. The summed E-state index contributed by atoms with van der Waals surface area (Å²) in [5, 5.41) is 8.74. The van der Waals surface area contributed by atoms with E-state index < -0.39 is 5.97 Å². The molecule has 0 aliphatic carbocycles. The molecule has 1 rings (SSSR count). The molecule has 1 aromatic heterocycles. The van der Waals surface area contributed by atoms with Crippen LogP contribution in [0, 0.1) is 0 Å². The molecule has 4 heteroatoms. The highest BCUT2D eigenvalue weighted by molar-refractivity contribution is 5.68. The lowest BCUT2D eigenvalue weighted by Gasteiger charge is -2.19. The molecule has 1 unspecified atom stereocenters. The van der Waals surface area contributed by atoms with Gasteiger partial charge in [-0.3, -0.25) is 4.79 Å². The van der Waals surface area contributed by atoms with Crippen LogP contribution in [0.1, 0.15) is 24.8 Å². The van der Waals surface area contributed by atoms with Crippen LogP contribution in [-0.2, 0) is 4.79 Å². The Balaban J connectivity index is 2.97. The molecule has 82 valence electrons. The van der Waals surface area contributed by atoms with E-state index in [0.717, 1.165) is 11.4 Å². The van der Waals surface area contributed by atoms with Gasteiger partial charge in [0.15, 0.2) is 0 Å². The van der Waals surface area contributed by atoms with Crippen molar-refractivity contribution in [3.05, 3.63) is 23.9 Å². The van der Waals surface area contributed by atoms with Gasteiger partial charge in [0.2, 0.25) is 0 Å². The number of hydrogen-bond donors (Lipinski definition) is 1. The van der Waals surface area contributed by atoms with Crippen LogP contribution in [0.15, 0.2) is 18.3 Å². The van der Waals surface area contributed by atoms with Gasteiger partial charge in [-0.05, 0) is 17.5 Å². The smallest absolute Gasteiger partial charge is 0.303 e. The van der Waals surface area contributed by atoms with Crippen molar-refractivity contribution in [2.45, 2.75) is 19.3 Å². The van der Waals surface area contributed by atoms with E-state index >= 15 is 0 Å². The average molecular weight is 208 g/mol. The van der Waals surface area contributed by atoms with Crippen LogP contribution in [0.4, 0.5) is 5.82 Å².